The number of nitrogens with one attached hydrogen (secondary N) is 1. The van der Waals surface area contributed by atoms with Gasteiger partial charge in [-0.1, -0.05) is 12.1 Å². The Balaban J connectivity index is 1.49. The fourth-order valence-electron chi connectivity index (χ4n) is 3.42. The van der Waals surface area contributed by atoms with Crippen molar-refractivity contribution in [1.82, 2.24) is 0 Å². The van der Waals surface area contributed by atoms with Crippen molar-refractivity contribution in [2.24, 2.45) is 5.73 Å². The Hall–Kier alpha value is -2.67. The number of hydrogen-bond acceptors (Lipinski definition) is 5. The number of thioether (sulfide) groups is 1. The van der Waals surface area contributed by atoms with Gasteiger partial charge in [-0.15, -0.1) is 11.8 Å². The Bertz CT molecular complexity index is 893. The third-order valence-corrected chi connectivity index (χ3v) is 5.76. The van der Waals surface area contributed by atoms with Gasteiger partial charge in [-0.2, -0.15) is 0 Å². The fraction of sp³-hybridized carbons (Fsp3) is 0.300. The Morgan fingerprint density at radius 3 is 2.59 bits per heavy atom. The van der Waals surface area contributed by atoms with E-state index in [0.29, 0.717) is 27.6 Å². The zero-order valence-electron chi connectivity index (χ0n) is 14.7. The van der Waals surface area contributed by atoms with E-state index in [1.807, 2.05) is 12.1 Å². The van der Waals surface area contributed by atoms with Gasteiger partial charge in [0.15, 0.2) is 11.5 Å². The van der Waals surface area contributed by atoms with Gasteiger partial charge in [0.25, 0.3) is 11.7 Å². The number of fused-ring (bicyclic) bond motifs is 1. The van der Waals surface area contributed by atoms with Crippen molar-refractivity contribution in [3.8, 4) is 11.5 Å². The van der Waals surface area contributed by atoms with Crippen LogP contribution in [0.1, 0.15) is 36.0 Å². The molecular weight excluding hydrogens is 364 g/mol. The highest BCUT2D eigenvalue weighted by Crippen LogP contribution is 2.47. The fourth-order valence-corrected chi connectivity index (χ4v) is 4.21. The highest BCUT2D eigenvalue weighted by Gasteiger charge is 2.44. The molecule has 2 aromatic carbocycles. The molecule has 6 nitrogen and oxygen atoms in total. The SMILES string of the molecule is NC(=O)CSc1ccccc1C(=O)Nc1ccc2c(c1)OC1(CCCC1)O2. The van der Waals surface area contributed by atoms with Gasteiger partial charge in [0.1, 0.15) is 0 Å². The average Bonchev–Trinajstić information content (AvgIpc) is 3.25. The van der Waals surface area contributed by atoms with E-state index in [2.05, 4.69) is 5.32 Å². The average molecular weight is 384 g/mol. The molecule has 0 bridgehead atoms. The second-order valence-corrected chi connectivity index (χ2v) is 7.71. The standard InChI is InChI=1S/C20H20N2O4S/c21-18(23)12-27-17-6-2-1-5-14(17)19(24)22-13-7-8-15-16(11-13)26-20(25-15)9-3-4-10-20/h1-2,5-8,11H,3-4,9-10,12H2,(H2,21,23)(H,22,24). The molecule has 4 rings (SSSR count). The Morgan fingerprint density at radius 1 is 1.07 bits per heavy atom. The third-order valence-electron chi connectivity index (χ3n) is 4.66. The van der Waals surface area contributed by atoms with Crippen molar-refractivity contribution >= 4 is 29.3 Å². The van der Waals surface area contributed by atoms with Gasteiger partial charge in [-0.05, 0) is 37.1 Å². The molecule has 1 saturated carbocycles. The number of benzene rings is 2. The molecule has 1 aliphatic carbocycles. The number of amides is 2. The van der Waals surface area contributed by atoms with E-state index >= 15 is 0 Å². The van der Waals surface area contributed by atoms with E-state index in [4.69, 9.17) is 15.2 Å². The molecule has 3 N–H and O–H groups in total. The van der Waals surface area contributed by atoms with Crippen LogP contribution in [0.2, 0.25) is 0 Å². The van der Waals surface area contributed by atoms with Gasteiger partial charge in [0.2, 0.25) is 5.91 Å². The van der Waals surface area contributed by atoms with Crippen LogP contribution in [0, 0.1) is 0 Å². The van der Waals surface area contributed by atoms with Crippen LogP contribution in [0.4, 0.5) is 5.69 Å². The summed E-state index contributed by atoms with van der Waals surface area (Å²) in [5, 5.41) is 2.89. The number of hydrogen-bond donors (Lipinski definition) is 2. The van der Waals surface area contributed by atoms with Crippen LogP contribution in [0.25, 0.3) is 0 Å². The van der Waals surface area contributed by atoms with Crippen LogP contribution in [0.5, 0.6) is 11.5 Å². The monoisotopic (exact) mass is 384 g/mol. The smallest absolute Gasteiger partial charge is 0.256 e. The summed E-state index contributed by atoms with van der Waals surface area (Å²) in [6.07, 6.45) is 3.95. The topological polar surface area (TPSA) is 90.7 Å². The minimum atomic E-state index is -0.525. The maximum absolute atomic E-state index is 12.7. The number of primary amides is 1. The predicted octanol–water partition coefficient (Wildman–Crippen LogP) is 3.56. The molecule has 1 heterocycles. The van der Waals surface area contributed by atoms with E-state index in [0.717, 1.165) is 25.7 Å². The first kappa shape index (κ1) is 17.7. The van der Waals surface area contributed by atoms with Crippen LogP contribution in [-0.4, -0.2) is 23.4 Å². The normalized spacial score (nSPS) is 16.4. The quantitative estimate of drug-likeness (QED) is 0.769. The summed E-state index contributed by atoms with van der Waals surface area (Å²) < 4.78 is 12.0. The van der Waals surface area contributed by atoms with Gasteiger partial charge >= 0.3 is 0 Å². The molecule has 1 fully saturated rings. The molecule has 0 saturated heterocycles. The van der Waals surface area contributed by atoms with Gasteiger partial charge in [-0.3, -0.25) is 9.59 Å². The van der Waals surface area contributed by atoms with Crippen molar-refractivity contribution < 1.29 is 19.1 Å². The lowest BCUT2D eigenvalue weighted by molar-refractivity contribution is -0.115. The number of rotatable bonds is 5. The molecule has 27 heavy (non-hydrogen) atoms. The Kier molecular flexibility index (Phi) is 4.70. The lowest BCUT2D eigenvalue weighted by atomic mass is 10.2. The molecule has 1 spiro atoms. The van der Waals surface area contributed by atoms with Gasteiger partial charge in [0, 0.05) is 29.5 Å². The Labute approximate surface area is 161 Å². The van der Waals surface area contributed by atoms with Crippen LogP contribution >= 0.6 is 11.8 Å². The molecule has 2 aromatic rings. The van der Waals surface area contributed by atoms with Crippen LogP contribution < -0.4 is 20.5 Å². The summed E-state index contributed by atoms with van der Waals surface area (Å²) in [5.74, 6) is 0.293. The molecular formula is C20H20N2O4S. The lowest BCUT2D eigenvalue weighted by Gasteiger charge is -2.21. The third kappa shape index (κ3) is 3.73. The highest BCUT2D eigenvalue weighted by molar-refractivity contribution is 8.00. The number of carbonyl (C=O) groups excluding carboxylic acids is 2. The first-order chi connectivity index (χ1) is 13.0. The van der Waals surface area contributed by atoms with E-state index < -0.39 is 11.7 Å². The van der Waals surface area contributed by atoms with E-state index in [1.165, 1.54) is 11.8 Å². The second kappa shape index (κ2) is 7.15. The van der Waals surface area contributed by atoms with E-state index in [9.17, 15) is 9.59 Å². The van der Waals surface area contributed by atoms with Crippen molar-refractivity contribution in [2.45, 2.75) is 36.4 Å². The molecule has 7 heteroatoms. The molecule has 140 valence electrons. The second-order valence-electron chi connectivity index (χ2n) is 6.69. The number of nitrogens with two attached hydrogens (primary N) is 1. The minimum Gasteiger partial charge on any atom is -0.448 e. The lowest BCUT2D eigenvalue weighted by Crippen LogP contribution is -2.34. The number of anilines is 1. The summed E-state index contributed by atoms with van der Waals surface area (Å²) >= 11 is 1.25. The van der Waals surface area contributed by atoms with Crippen molar-refractivity contribution in [3.63, 3.8) is 0 Å². The summed E-state index contributed by atoms with van der Waals surface area (Å²) in [6, 6.07) is 12.5. The Morgan fingerprint density at radius 2 is 1.81 bits per heavy atom. The zero-order chi connectivity index (χ0) is 18.9. The maximum Gasteiger partial charge on any atom is 0.256 e. The van der Waals surface area contributed by atoms with Crippen LogP contribution in [-0.2, 0) is 4.79 Å². The van der Waals surface area contributed by atoms with Crippen molar-refractivity contribution in [3.05, 3.63) is 48.0 Å². The summed E-state index contributed by atoms with van der Waals surface area (Å²) in [5.41, 5.74) is 6.33. The highest BCUT2D eigenvalue weighted by atomic mass is 32.2. The number of ether oxygens (including phenoxy) is 2. The predicted molar refractivity (Wildman–Crippen MR) is 103 cm³/mol. The minimum absolute atomic E-state index is 0.121. The molecule has 2 aliphatic rings. The number of carbonyl (C=O) groups is 2. The largest absolute Gasteiger partial charge is 0.448 e. The van der Waals surface area contributed by atoms with Crippen molar-refractivity contribution in [1.29, 1.82) is 0 Å². The summed E-state index contributed by atoms with van der Waals surface area (Å²) in [4.78, 5) is 24.5. The van der Waals surface area contributed by atoms with Crippen molar-refractivity contribution in [2.75, 3.05) is 11.1 Å². The maximum atomic E-state index is 12.7. The first-order valence-electron chi connectivity index (χ1n) is 8.88. The summed E-state index contributed by atoms with van der Waals surface area (Å²) in [6.45, 7) is 0. The molecule has 0 atom stereocenters. The van der Waals surface area contributed by atoms with Gasteiger partial charge in [0.05, 0.1) is 11.3 Å². The molecule has 0 unspecified atom stereocenters. The first-order valence-corrected chi connectivity index (χ1v) is 9.87. The molecule has 1 aliphatic heterocycles. The van der Waals surface area contributed by atoms with E-state index in [-0.39, 0.29) is 11.7 Å². The van der Waals surface area contributed by atoms with Crippen LogP contribution in [0.3, 0.4) is 0 Å². The molecule has 0 radical (unpaired) electrons. The van der Waals surface area contributed by atoms with Gasteiger partial charge < -0.3 is 20.5 Å². The van der Waals surface area contributed by atoms with Gasteiger partial charge in [-0.25, -0.2) is 0 Å². The molecule has 2 amide bonds. The summed E-state index contributed by atoms with van der Waals surface area (Å²) in [7, 11) is 0. The van der Waals surface area contributed by atoms with Crippen LogP contribution in [0.15, 0.2) is 47.4 Å². The zero-order valence-corrected chi connectivity index (χ0v) is 15.5. The molecule has 0 aromatic heterocycles. The van der Waals surface area contributed by atoms with E-state index in [1.54, 1.807) is 30.3 Å².